The van der Waals surface area contributed by atoms with Crippen LogP contribution in [0.25, 0.3) is 0 Å². The van der Waals surface area contributed by atoms with Crippen molar-refractivity contribution in [1.82, 2.24) is 5.32 Å². The van der Waals surface area contributed by atoms with Crippen molar-refractivity contribution in [1.29, 1.82) is 0 Å². The summed E-state index contributed by atoms with van der Waals surface area (Å²) in [6, 6.07) is 11.6. The van der Waals surface area contributed by atoms with Crippen LogP contribution in [0.1, 0.15) is 36.1 Å². The lowest BCUT2D eigenvalue weighted by Gasteiger charge is -2.15. The fraction of sp³-hybridized carbons (Fsp3) is 0.350. The first-order valence-electron chi connectivity index (χ1n) is 8.42. The zero-order valence-corrected chi connectivity index (χ0v) is 14.8. The predicted molar refractivity (Wildman–Crippen MR) is 95.2 cm³/mol. The molecule has 25 heavy (non-hydrogen) atoms. The normalized spacial score (nSPS) is 13.4. The topological polar surface area (TPSA) is 56.8 Å². The standard InChI is InChI=1S/C20H23NO4/c1-13-4-6-17(14(2)10-13)23-9-8-20(22)21-15(3)16-5-7-18-19(11-16)25-12-24-18/h4-7,10-11,15H,8-9,12H2,1-3H3,(H,21,22)/t15-/m1/s1. The Hall–Kier alpha value is -2.69. The number of aryl methyl sites for hydroxylation is 2. The molecule has 1 atom stereocenters. The van der Waals surface area contributed by atoms with E-state index in [0.29, 0.717) is 13.0 Å². The highest BCUT2D eigenvalue weighted by Gasteiger charge is 2.16. The Bertz CT molecular complexity index is 772. The van der Waals surface area contributed by atoms with Gasteiger partial charge in [0.2, 0.25) is 12.7 Å². The molecule has 0 aliphatic carbocycles. The predicted octanol–water partition coefficient (Wildman–Crippen LogP) is 3.68. The Morgan fingerprint density at radius 3 is 2.76 bits per heavy atom. The van der Waals surface area contributed by atoms with Crippen molar-refractivity contribution in [3.63, 3.8) is 0 Å². The molecule has 1 aliphatic heterocycles. The van der Waals surface area contributed by atoms with Crippen LogP contribution in [0.2, 0.25) is 0 Å². The molecule has 0 spiro atoms. The summed E-state index contributed by atoms with van der Waals surface area (Å²) in [5, 5.41) is 2.98. The molecule has 0 bridgehead atoms. The number of carbonyl (C=O) groups is 1. The minimum atomic E-state index is -0.108. The van der Waals surface area contributed by atoms with Crippen LogP contribution in [0, 0.1) is 13.8 Å². The van der Waals surface area contributed by atoms with Gasteiger partial charge in [-0.1, -0.05) is 23.8 Å². The van der Waals surface area contributed by atoms with Gasteiger partial charge in [0.05, 0.1) is 19.1 Å². The second-order valence-electron chi connectivity index (χ2n) is 6.27. The maximum absolute atomic E-state index is 12.1. The molecule has 0 unspecified atom stereocenters. The van der Waals surface area contributed by atoms with E-state index in [0.717, 1.165) is 28.4 Å². The third-order valence-electron chi connectivity index (χ3n) is 4.19. The molecule has 1 amide bonds. The number of hydrogen-bond acceptors (Lipinski definition) is 4. The Morgan fingerprint density at radius 1 is 1.16 bits per heavy atom. The molecule has 2 aromatic rings. The van der Waals surface area contributed by atoms with E-state index in [2.05, 4.69) is 11.4 Å². The van der Waals surface area contributed by atoms with Crippen molar-refractivity contribution < 1.29 is 19.0 Å². The van der Waals surface area contributed by atoms with Gasteiger partial charge in [-0.15, -0.1) is 0 Å². The molecule has 5 heteroatoms. The lowest BCUT2D eigenvalue weighted by Crippen LogP contribution is -2.27. The highest BCUT2D eigenvalue weighted by molar-refractivity contribution is 5.76. The number of amides is 1. The fourth-order valence-electron chi connectivity index (χ4n) is 2.79. The summed E-state index contributed by atoms with van der Waals surface area (Å²) in [6.45, 7) is 6.59. The van der Waals surface area contributed by atoms with E-state index in [1.807, 2.05) is 51.1 Å². The molecule has 132 valence electrons. The molecule has 0 saturated heterocycles. The minimum absolute atomic E-state index is 0.0464. The van der Waals surface area contributed by atoms with Crippen molar-refractivity contribution >= 4 is 5.91 Å². The number of hydrogen-bond donors (Lipinski definition) is 1. The van der Waals surface area contributed by atoms with Gasteiger partial charge in [-0.2, -0.15) is 0 Å². The average molecular weight is 341 g/mol. The number of carbonyl (C=O) groups excluding carboxylic acids is 1. The maximum Gasteiger partial charge on any atom is 0.231 e. The number of rotatable bonds is 6. The number of nitrogens with one attached hydrogen (secondary N) is 1. The van der Waals surface area contributed by atoms with Crippen LogP contribution in [-0.2, 0) is 4.79 Å². The van der Waals surface area contributed by atoms with Crippen LogP contribution in [0.5, 0.6) is 17.2 Å². The zero-order valence-electron chi connectivity index (χ0n) is 14.8. The zero-order chi connectivity index (χ0) is 17.8. The second-order valence-corrected chi connectivity index (χ2v) is 6.27. The minimum Gasteiger partial charge on any atom is -0.493 e. The van der Waals surface area contributed by atoms with Crippen LogP contribution in [0.15, 0.2) is 36.4 Å². The summed E-state index contributed by atoms with van der Waals surface area (Å²) >= 11 is 0. The number of fused-ring (bicyclic) bond motifs is 1. The van der Waals surface area contributed by atoms with Crippen LogP contribution in [0.3, 0.4) is 0 Å². The molecular weight excluding hydrogens is 318 g/mol. The van der Waals surface area contributed by atoms with Crippen LogP contribution < -0.4 is 19.5 Å². The molecule has 1 heterocycles. The second kappa shape index (κ2) is 7.47. The van der Waals surface area contributed by atoms with Crippen molar-refractivity contribution in [2.45, 2.75) is 33.2 Å². The summed E-state index contributed by atoms with van der Waals surface area (Å²) in [5.74, 6) is 2.23. The summed E-state index contributed by atoms with van der Waals surface area (Å²) in [6.07, 6.45) is 0.308. The lowest BCUT2D eigenvalue weighted by atomic mass is 10.1. The Morgan fingerprint density at radius 2 is 1.96 bits per heavy atom. The van der Waals surface area contributed by atoms with E-state index in [9.17, 15) is 4.79 Å². The van der Waals surface area contributed by atoms with E-state index in [1.165, 1.54) is 5.56 Å². The monoisotopic (exact) mass is 341 g/mol. The molecule has 1 N–H and O–H groups in total. The molecule has 1 aliphatic rings. The highest BCUT2D eigenvalue weighted by Crippen LogP contribution is 2.34. The first kappa shape index (κ1) is 17.1. The van der Waals surface area contributed by atoms with Crippen LogP contribution in [0.4, 0.5) is 0 Å². The van der Waals surface area contributed by atoms with Crippen LogP contribution in [-0.4, -0.2) is 19.3 Å². The summed E-state index contributed by atoms with van der Waals surface area (Å²) in [4.78, 5) is 12.1. The third-order valence-corrected chi connectivity index (χ3v) is 4.19. The molecule has 5 nitrogen and oxygen atoms in total. The first-order valence-corrected chi connectivity index (χ1v) is 8.42. The van der Waals surface area contributed by atoms with Gasteiger partial charge in [0.1, 0.15) is 5.75 Å². The van der Waals surface area contributed by atoms with Gasteiger partial charge < -0.3 is 19.5 Å². The van der Waals surface area contributed by atoms with Crippen LogP contribution >= 0.6 is 0 Å². The SMILES string of the molecule is Cc1ccc(OCCC(=O)N[C@H](C)c2ccc3c(c2)OCO3)c(C)c1. The molecule has 0 saturated carbocycles. The van der Waals surface area contributed by atoms with Gasteiger partial charge in [-0.3, -0.25) is 4.79 Å². The largest absolute Gasteiger partial charge is 0.493 e. The lowest BCUT2D eigenvalue weighted by molar-refractivity contribution is -0.122. The van der Waals surface area contributed by atoms with E-state index in [-0.39, 0.29) is 18.7 Å². The average Bonchev–Trinajstić information content (AvgIpc) is 3.04. The van der Waals surface area contributed by atoms with Crippen molar-refractivity contribution in [3.05, 3.63) is 53.1 Å². The first-order chi connectivity index (χ1) is 12.0. The number of ether oxygens (including phenoxy) is 3. The van der Waals surface area contributed by atoms with E-state index < -0.39 is 0 Å². The molecule has 0 aromatic heterocycles. The Kier molecular flexibility index (Phi) is 5.12. The van der Waals surface area contributed by atoms with E-state index in [1.54, 1.807) is 0 Å². The van der Waals surface area contributed by atoms with Gasteiger partial charge in [-0.25, -0.2) is 0 Å². The van der Waals surface area contributed by atoms with Crippen molar-refractivity contribution in [3.8, 4) is 17.2 Å². The summed E-state index contributed by atoms with van der Waals surface area (Å²) in [7, 11) is 0. The molecular formula is C20H23NO4. The maximum atomic E-state index is 12.1. The summed E-state index contributed by atoms with van der Waals surface area (Å²) < 4.78 is 16.4. The van der Waals surface area contributed by atoms with E-state index >= 15 is 0 Å². The summed E-state index contributed by atoms with van der Waals surface area (Å²) in [5.41, 5.74) is 3.25. The Labute approximate surface area is 147 Å². The van der Waals surface area contributed by atoms with Gasteiger partial charge >= 0.3 is 0 Å². The third kappa shape index (κ3) is 4.24. The molecule has 2 aromatic carbocycles. The van der Waals surface area contributed by atoms with E-state index in [4.69, 9.17) is 14.2 Å². The van der Waals surface area contributed by atoms with Gasteiger partial charge in [0, 0.05) is 0 Å². The van der Waals surface area contributed by atoms with Gasteiger partial charge in [0.25, 0.3) is 0 Å². The molecule has 0 fully saturated rings. The van der Waals surface area contributed by atoms with Gasteiger partial charge in [-0.05, 0) is 50.1 Å². The van der Waals surface area contributed by atoms with Gasteiger partial charge in [0.15, 0.2) is 11.5 Å². The molecule has 3 rings (SSSR count). The number of benzene rings is 2. The van der Waals surface area contributed by atoms with Crippen molar-refractivity contribution in [2.75, 3.05) is 13.4 Å². The highest BCUT2D eigenvalue weighted by atomic mass is 16.7. The smallest absolute Gasteiger partial charge is 0.231 e. The quantitative estimate of drug-likeness (QED) is 0.871. The fourth-order valence-corrected chi connectivity index (χ4v) is 2.79. The Balaban J connectivity index is 1.48. The molecule has 0 radical (unpaired) electrons. The van der Waals surface area contributed by atoms with Crippen molar-refractivity contribution in [2.24, 2.45) is 0 Å².